The highest BCUT2D eigenvalue weighted by molar-refractivity contribution is 5.88. The van der Waals surface area contributed by atoms with Crippen molar-refractivity contribution in [3.63, 3.8) is 0 Å². The van der Waals surface area contributed by atoms with Crippen LogP contribution < -0.4 is 15.8 Å². The number of amides is 2. The second-order valence-electron chi connectivity index (χ2n) is 10.2. The molecule has 4 heterocycles. The molecule has 2 amide bonds. The van der Waals surface area contributed by atoms with Gasteiger partial charge in [-0.3, -0.25) is 14.5 Å². The standard InChI is InChI=1S/C28H34N8O4/c1-5-21-16-40-28(39)36(21)27-31-18(4)30-26(33-27)29-17(3)22-14-20-8-7-19(13-23(20)32-25(22)38)15-34-9-11-35(12-10-34)24(37)6-2/h6-8,13-14,17,21H,2,5,9-12,15-16H2,1,3-4H3,(H,32,38)(H,29,30,31,33)/t17-,21-/m0/s1. The Morgan fingerprint density at radius 2 is 1.98 bits per heavy atom. The number of pyridine rings is 1. The molecule has 2 aromatic heterocycles. The molecule has 0 radical (unpaired) electrons. The van der Waals surface area contributed by atoms with E-state index in [-0.39, 0.29) is 29.4 Å². The molecule has 210 valence electrons. The van der Waals surface area contributed by atoms with Crippen LogP contribution in [0.5, 0.6) is 0 Å². The lowest BCUT2D eigenvalue weighted by molar-refractivity contribution is -0.127. The van der Waals surface area contributed by atoms with Crippen molar-refractivity contribution in [1.82, 2.24) is 29.7 Å². The summed E-state index contributed by atoms with van der Waals surface area (Å²) in [5.74, 6) is 0.914. The van der Waals surface area contributed by atoms with E-state index in [1.54, 1.807) is 11.8 Å². The van der Waals surface area contributed by atoms with Crippen molar-refractivity contribution >= 4 is 34.8 Å². The molecule has 2 atom stereocenters. The largest absolute Gasteiger partial charge is 0.447 e. The topological polar surface area (TPSA) is 137 Å². The lowest BCUT2D eigenvalue weighted by atomic mass is 10.1. The summed E-state index contributed by atoms with van der Waals surface area (Å²) in [5.41, 5.74) is 2.18. The summed E-state index contributed by atoms with van der Waals surface area (Å²) in [5, 5.41) is 4.10. The minimum absolute atomic E-state index is 0.0325. The summed E-state index contributed by atoms with van der Waals surface area (Å²) in [6.45, 7) is 13.1. The number of carbonyl (C=O) groups excluding carboxylic acids is 2. The molecule has 5 rings (SSSR count). The quantitative estimate of drug-likeness (QED) is 0.409. The lowest BCUT2D eigenvalue weighted by Gasteiger charge is -2.34. The molecular weight excluding hydrogens is 512 g/mol. The van der Waals surface area contributed by atoms with Crippen molar-refractivity contribution in [3.05, 3.63) is 64.2 Å². The summed E-state index contributed by atoms with van der Waals surface area (Å²) in [7, 11) is 0. The maximum atomic E-state index is 13.1. The fourth-order valence-electron chi connectivity index (χ4n) is 5.12. The van der Waals surface area contributed by atoms with Crippen molar-refractivity contribution in [3.8, 4) is 0 Å². The van der Waals surface area contributed by atoms with Gasteiger partial charge in [0.15, 0.2) is 0 Å². The van der Waals surface area contributed by atoms with Crippen LogP contribution >= 0.6 is 0 Å². The number of aromatic nitrogens is 4. The molecule has 12 nitrogen and oxygen atoms in total. The first kappa shape index (κ1) is 27.3. The van der Waals surface area contributed by atoms with Gasteiger partial charge in [-0.15, -0.1) is 0 Å². The third-order valence-electron chi connectivity index (χ3n) is 7.40. The Morgan fingerprint density at radius 1 is 1.20 bits per heavy atom. The molecule has 40 heavy (non-hydrogen) atoms. The monoisotopic (exact) mass is 546 g/mol. The number of ether oxygens (including phenoxy) is 1. The minimum atomic E-state index is -0.480. The first-order chi connectivity index (χ1) is 19.2. The number of rotatable bonds is 8. The van der Waals surface area contributed by atoms with E-state index in [1.807, 2.05) is 32.0 Å². The van der Waals surface area contributed by atoms with E-state index in [0.29, 0.717) is 37.5 Å². The molecule has 2 saturated heterocycles. The molecule has 3 aromatic rings. The van der Waals surface area contributed by atoms with Crippen LogP contribution in [0, 0.1) is 6.92 Å². The van der Waals surface area contributed by atoms with E-state index < -0.39 is 12.1 Å². The summed E-state index contributed by atoms with van der Waals surface area (Å²) in [6.07, 6.45) is 1.58. The number of fused-ring (bicyclic) bond motifs is 1. The van der Waals surface area contributed by atoms with E-state index >= 15 is 0 Å². The Kier molecular flexibility index (Phi) is 7.78. The van der Waals surface area contributed by atoms with E-state index in [4.69, 9.17) is 4.74 Å². The average Bonchev–Trinajstić information content (AvgIpc) is 3.32. The third kappa shape index (κ3) is 5.67. The van der Waals surface area contributed by atoms with Gasteiger partial charge in [0.05, 0.1) is 12.1 Å². The van der Waals surface area contributed by atoms with Gasteiger partial charge in [-0.25, -0.2) is 9.69 Å². The Balaban J connectivity index is 1.30. The van der Waals surface area contributed by atoms with Gasteiger partial charge in [-0.05, 0) is 49.4 Å². The molecule has 0 saturated carbocycles. The van der Waals surface area contributed by atoms with Gasteiger partial charge in [-0.1, -0.05) is 25.6 Å². The van der Waals surface area contributed by atoms with E-state index in [0.717, 1.165) is 36.1 Å². The number of cyclic esters (lactones) is 1. The van der Waals surface area contributed by atoms with Crippen LogP contribution in [0.2, 0.25) is 0 Å². The van der Waals surface area contributed by atoms with Crippen LogP contribution in [0.15, 0.2) is 41.7 Å². The molecule has 2 fully saturated rings. The first-order valence-corrected chi connectivity index (χ1v) is 13.5. The number of anilines is 2. The van der Waals surface area contributed by atoms with Gasteiger partial charge in [-0.2, -0.15) is 15.0 Å². The third-order valence-corrected chi connectivity index (χ3v) is 7.40. The normalized spacial score (nSPS) is 18.6. The smallest absolute Gasteiger partial charge is 0.417 e. The fraction of sp³-hybridized carbons (Fsp3) is 0.429. The second kappa shape index (κ2) is 11.4. The summed E-state index contributed by atoms with van der Waals surface area (Å²) in [6, 6.07) is 7.38. The molecule has 0 spiro atoms. The van der Waals surface area contributed by atoms with Crippen LogP contribution in [0.4, 0.5) is 16.7 Å². The highest BCUT2D eigenvalue weighted by atomic mass is 16.6. The maximum Gasteiger partial charge on any atom is 0.417 e. The highest BCUT2D eigenvalue weighted by Crippen LogP contribution is 2.24. The number of nitrogens with zero attached hydrogens (tertiary/aromatic N) is 6. The molecule has 2 N–H and O–H groups in total. The number of benzene rings is 1. The number of H-pyrrole nitrogens is 1. The summed E-state index contributed by atoms with van der Waals surface area (Å²) >= 11 is 0. The molecular formula is C28H34N8O4. The predicted octanol–water partition coefficient (Wildman–Crippen LogP) is 2.76. The Bertz CT molecular complexity index is 1500. The van der Waals surface area contributed by atoms with Gasteiger partial charge in [0.2, 0.25) is 17.8 Å². The predicted molar refractivity (Wildman–Crippen MR) is 151 cm³/mol. The highest BCUT2D eigenvalue weighted by Gasteiger charge is 2.35. The number of piperazine rings is 1. The van der Waals surface area contributed by atoms with Gasteiger partial charge in [0.1, 0.15) is 12.4 Å². The molecule has 0 bridgehead atoms. The van der Waals surface area contributed by atoms with Gasteiger partial charge in [0.25, 0.3) is 5.56 Å². The van der Waals surface area contributed by atoms with Crippen molar-refractivity contribution in [1.29, 1.82) is 0 Å². The van der Waals surface area contributed by atoms with Crippen molar-refractivity contribution < 1.29 is 14.3 Å². The summed E-state index contributed by atoms with van der Waals surface area (Å²) in [4.78, 5) is 58.9. The van der Waals surface area contributed by atoms with Gasteiger partial charge >= 0.3 is 6.09 Å². The number of aryl methyl sites for hydroxylation is 1. The van der Waals surface area contributed by atoms with Crippen LogP contribution in [-0.2, 0) is 16.1 Å². The van der Waals surface area contributed by atoms with E-state index in [1.165, 1.54) is 11.0 Å². The number of aromatic amines is 1. The molecule has 0 aliphatic carbocycles. The number of hydrogen-bond donors (Lipinski definition) is 2. The van der Waals surface area contributed by atoms with Gasteiger partial charge < -0.3 is 19.9 Å². The van der Waals surface area contributed by atoms with E-state index in [9.17, 15) is 14.4 Å². The average molecular weight is 547 g/mol. The Morgan fingerprint density at radius 3 is 2.70 bits per heavy atom. The van der Waals surface area contributed by atoms with Gasteiger partial charge in [0, 0.05) is 43.8 Å². The zero-order valence-corrected chi connectivity index (χ0v) is 23.0. The van der Waals surface area contributed by atoms with Crippen molar-refractivity contribution in [2.24, 2.45) is 0 Å². The van der Waals surface area contributed by atoms with Crippen molar-refractivity contribution in [2.45, 2.75) is 45.8 Å². The van der Waals surface area contributed by atoms with Crippen LogP contribution in [0.25, 0.3) is 10.9 Å². The van der Waals surface area contributed by atoms with Crippen molar-refractivity contribution in [2.75, 3.05) is 43.0 Å². The molecule has 2 aliphatic heterocycles. The Labute approximate surface area is 232 Å². The molecule has 0 unspecified atom stereocenters. The van der Waals surface area contributed by atoms with Crippen LogP contribution in [-0.4, -0.2) is 80.6 Å². The number of nitrogens with one attached hydrogen (secondary N) is 2. The lowest BCUT2D eigenvalue weighted by Crippen LogP contribution is -2.47. The zero-order valence-electron chi connectivity index (χ0n) is 23.0. The molecule has 12 heteroatoms. The van der Waals surface area contributed by atoms with E-state index in [2.05, 4.69) is 42.8 Å². The fourth-order valence-corrected chi connectivity index (χ4v) is 5.12. The zero-order chi connectivity index (χ0) is 28.4. The summed E-state index contributed by atoms with van der Waals surface area (Å²) < 4.78 is 5.18. The number of carbonyl (C=O) groups is 2. The Hall–Kier alpha value is -4.32. The SMILES string of the molecule is C=CC(=O)N1CCN(Cc2ccc3cc([C@H](C)Nc4nc(C)nc(N5C(=O)OC[C@@H]5CC)n4)c(=O)[nH]c3c2)CC1. The molecule has 1 aromatic carbocycles. The molecule has 2 aliphatic rings. The van der Waals surface area contributed by atoms with Crippen LogP contribution in [0.1, 0.15) is 43.3 Å². The first-order valence-electron chi connectivity index (χ1n) is 13.5. The number of hydrogen-bond acceptors (Lipinski definition) is 9. The maximum absolute atomic E-state index is 13.1. The van der Waals surface area contributed by atoms with Crippen LogP contribution in [0.3, 0.4) is 0 Å². The minimum Gasteiger partial charge on any atom is -0.447 e. The second-order valence-corrected chi connectivity index (χ2v) is 10.2.